The highest BCUT2D eigenvalue weighted by Crippen LogP contribution is 2.39. The highest BCUT2D eigenvalue weighted by Gasteiger charge is 2.55. The number of piperidine rings is 1. The summed E-state index contributed by atoms with van der Waals surface area (Å²) in [5.74, 6) is -7.98. The number of allylic oxidation sites excluding steroid dienone is 6. The van der Waals surface area contributed by atoms with Crippen molar-refractivity contribution in [3.63, 3.8) is 0 Å². The molecule has 3 fully saturated rings. The van der Waals surface area contributed by atoms with E-state index in [9.17, 15) is 34.2 Å². The molecule has 1 amide bonds. The molecule has 384 valence electrons. The summed E-state index contributed by atoms with van der Waals surface area (Å²) < 4.78 is 31.7. The third-order valence-corrected chi connectivity index (χ3v) is 15.1. The number of aliphatic hydroxyl groups is 2. The summed E-state index contributed by atoms with van der Waals surface area (Å²) in [4.78, 5) is 72.6. The number of nitrogens with zero attached hydrogens (tertiary/aromatic N) is 5. The number of carbonyl (C=O) groups excluding carboxylic acids is 5. The SMILES string of the molecule is CO[C@H]1CC2CC[C@@H](C)C(=O)C(O)(O2)C(=O)N2CCCC[C@H]2C(=O)O[C@H]([C@H](C)C[C@@H]2CC[C@H](n3cnnn3)[C@H](OC)C2)CC(=O)[C@H](C)/C=C(\C)[C@@H](O)[C@@H](OC)C(=O)[C@@H](C)C[C@H](C)/C=C/C=C/C=C/1C. The van der Waals surface area contributed by atoms with Crippen LogP contribution in [0.3, 0.4) is 0 Å². The highest BCUT2D eigenvalue weighted by atomic mass is 16.6. The summed E-state index contributed by atoms with van der Waals surface area (Å²) in [6.07, 6.45) is 13.4. The first-order chi connectivity index (χ1) is 32.8. The number of Topliss-reactive ketones (excluding diaryl/α,β-unsaturated/α-hetero) is 3. The molecule has 1 saturated carbocycles. The van der Waals surface area contributed by atoms with Gasteiger partial charge in [0, 0.05) is 58.5 Å². The van der Waals surface area contributed by atoms with E-state index in [4.69, 9.17) is 23.7 Å². The summed E-state index contributed by atoms with van der Waals surface area (Å²) in [6.45, 7) is 12.8. The molecular weight excluding hydrogens is 887 g/mol. The van der Waals surface area contributed by atoms with Crippen LogP contribution in [0.4, 0.5) is 0 Å². The largest absolute Gasteiger partial charge is 0.460 e. The van der Waals surface area contributed by atoms with Gasteiger partial charge in [-0.05, 0) is 117 Å². The molecule has 1 aliphatic carbocycles. The standard InChI is InChI=1S/C52H79N5O12/c1-31-16-12-11-13-17-32(2)43(65-8)28-39-21-19-33(3)49(61)52(64,69-39)51(63)56-23-15-14-18-41(56)50(62)68-44(35(5)26-38-20-22-40(45(27-38)66-9)57-30-53-54-55-57)29-42(58)34(4)25-37(7)47(60)48(67-10)46(59)36(6)24-31/h11-13,16-17,25,30-31,33-36,38-41,43-45,47-48,60,64H,14-15,18-24,26-29H2,1-10H3/b13-11+,16-12+,32-17+,37-25+/t31-,33-,34-,35-,36+,38+,39?,40+,41+,43+,44+,45-,47-,48+,52?/m1/s1. The van der Waals surface area contributed by atoms with Crippen molar-refractivity contribution in [3.8, 4) is 0 Å². The Balaban J connectivity index is 1.49. The van der Waals surface area contributed by atoms with Crippen molar-refractivity contribution < 1.29 is 57.9 Å². The molecule has 2 bridgehead atoms. The van der Waals surface area contributed by atoms with Crippen molar-refractivity contribution in [3.05, 3.63) is 53.9 Å². The Kier molecular flexibility index (Phi) is 20.8. The molecule has 0 aromatic carbocycles. The predicted molar refractivity (Wildman–Crippen MR) is 256 cm³/mol. The van der Waals surface area contributed by atoms with E-state index in [1.54, 1.807) is 52.1 Å². The number of ether oxygens (including phenoxy) is 5. The van der Waals surface area contributed by atoms with Crippen molar-refractivity contribution in [2.75, 3.05) is 27.9 Å². The fraction of sp³-hybridized carbons (Fsp3) is 0.731. The number of hydrogen-bond donors (Lipinski definition) is 2. The number of aliphatic hydroxyl groups excluding tert-OH is 1. The molecule has 5 rings (SSSR count). The zero-order chi connectivity index (χ0) is 50.6. The summed E-state index contributed by atoms with van der Waals surface area (Å²) in [6, 6.07) is -1.21. The van der Waals surface area contributed by atoms with Gasteiger partial charge in [-0.2, -0.15) is 0 Å². The molecule has 3 aliphatic heterocycles. The molecule has 17 heteroatoms. The van der Waals surface area contributed by atoms with Gasteiger partial charge in [-0.15, -0.1) is 5.10 Å². The minimum absolute atomic E-state index is 0.0124. The first kappa shape index (κ1) is 55.7. The third kappa shape index (κ3) is 14.2. The molecule has 4 heterocycles. The molecule has 17 nitrogen and oxygen atoms in total. The van der Waals surface area contributed by atoms with Gasteiger partial charge in [-0.25, -0.2) is 9.48 Å². The predicted octanol–water partition coefficient (Wildman–Crippen LogP) is 6.05. The quantitative estimate of drug-likeness (QED) is 0.181. The van der Waals surface area contributed by atoms with Crippen molar-refractivity contribution in [1.29, 1.82) is 0 Å². The van der Waals surface area contributed by atoms with Gasteiger partial charge in [0.2, 0.25) is 5.78 Å². The zero-order valence-corrected chi connectivity index (χ0v) is 42.5. The summed E-state index contributed by atoms with van der Waals surface area (Å²) in [5.41, 5.74) is 1.24. The van der Waals surface area contributed by atoms with E-state index >= 15 is 0 Å². The van der Waals surface area contributed by atoms with Crippen LogP contribution in [0.1, 0.15) is 132 Å². The Morgan fingerprint density at radius 2 is 1.62 bits per heavy atom. The molecule has 2 saturated heterocycles. The lowest BCUT2D eigenvalue weighted by Crippen LogP contribution is -2.62. The second-order valence-corrected chi connectivity index (χ2v) is 20.4. The lowest BCUT2D eigenvalue weighted by atomic mass is 9.77. The minimum atomic E-state index is -2.86. The Labute approximate surface area is 408 Å². The van der Waals surface area contributed by atoms with Gasteiger partial charge in [0.15, 0.2) is 5.78 Å². The minimum Gasteiger partial charge on any atom is -0.460 e. The number of amides is 1. The number of rotatable bonds is 7. The van der Waals surface area contributed by atoms with E-state index in [-0.39, 0.29) is 67.3 Å². The van der Waals surface area contributed by atoms with Gasteiger partial charge in [0.25, 0.3) is 5.91 Å². The van der Waals surface area contributed by atoms with Gasteiger partial charge in [0.1, 0.15) is 36.5 Å². The van der Waals surface area contributed by atoms with Crippen LogP contribution in [0.25, 0.3) is 0 Å². The fourth-order valence-electron chi connectivity index (χ4n) is 10.7. The van der Waals surface area contributed by atoms with Crippen LogP contribution >= 0.6 is 0 Å². The van der Waals surface area contributed by atoms with Gasteiger partial charge < -0.3 is 38.8 Å². The fourth-order valence-corrected chi connectivity index (χ4v) is 10.7. The smallest absolute Gasteiger partial charge is 0.329 e. The van der Waals surface area contributed by atoms with Crippen molar-refractivity contribution in [2.24, 2.45) is 35.5 Å². The number of esters is 1. The van der Waals surface area contributed by atoms with Crippen LogP contribution in [-0.4, -0.2) is 141 Å². The van der Waals surface area contributed by atoms with Gasteiger partial charge in [-0.1, -0.05) is 71.1 Å². The van der Waals surface area contributed by atoms with Crippen molar-refractivity contribution in [2.45, 2.75) is 180 Å². The number of methoxy groups -OCH3 is 3. The van der Waals surface area contributed by atoms with E-state index < -0.39 is 77.8 Å². The summed E-state index contributed by atoms with van der Waals surface area (Å²) in [5, 5.41) is 35.4. The highest BCUT2D eigenvalue weighted by molar-refractivity contribution is 6.09. The normalized spacial score (nSPS) is 38.8. The van der Waals surface area contributed by atoms with E-state index in [1.807, 2.05) is 58.1 Å². The van der Waals surface area contributed by atoms with E-state index in [1.165, 1.54) is 12.0 Å². The molecule has 1 aromatic rings. The Morgan fingerprint density at radius 3 is 2.30 bits per heavy atom. The van der Waals surface area contributed by atoms with Crippen LogP contribution in [0, 0.1) is 35.5 Å². The van der Waals surface area contributed by atoms with Gasteiger partial charge >= 0.3 is 11.8 Å². The third-order valence-electron chi connectivity index (χ3n) is 15.1. The first-order valence-electron chi connectivity index (χ1n) is 25.0. The average Bonchev–Trinajstić information content (AvgIpc) is 3.85. The van der Waals surface area contributed by atoms with Crippen LogP contribution in [0.5, 0.6) is 0 Å². The lowest BCUT2D eigenvalue weighted by Gasteiger charge is -2.40. The molecule has 0 spiro atoms. The number of hydrogen-bond acceptors (Lipinski definition) is 15. The Hall–Kier alpha value is -4.26. The molecule has 2 unspecified atom stereocenters. The van der Waals surface area contributed by atoms with Crippen LogP contribution < -0.4 is 0 Å². The molecule has 15 atom stereocenters. The van der Waals surface area contributed by atoms with Crippen molar-refractivity contribution >= 4 is 29.2 Å². The van der Waals surface area contributed by atoms with Crippen molar-refractivity contribution in [1.82, 2.24) is 25.1 Å². The van der Waals surface area contributed by atoms with Gasteiger partial charge in [-0.3, -0.25) is 19.2 Å². The lowest BCUT2D eigenvalue weighted by molar-refractivity contribution is -0.231. The number of tetrazole rings is 1. The molecular formula is C52H79N5O12. The number of fused-ring (bicyclic) bond motifs is 3. The number of carbonyl (C=O) groups is 5. The number of ketones is 3. The summed E-state index contributed by atoms with van der Waals surface area (Å²) >= 11 is 0. The second-order valence-electron chi connectivity index (χ2n) is 20.4. The first-order valence-corrected chi connectivity index (χ1v) is 25.0. The maximum atomic E-state index is 14.7. The van der Waals surface area contributed by atoms with E-state index in [2.05, 4.69) is 15.5 Å². The molecule has 4 aliphatic rings. The van der Waals surface area contributed by atoms with Crippen LogP contribution in [0.15, 0.2) is 53.9 Å². The molecule has 2 N–H and O–H groups in total. The zero-order valence-electron chi connectivity index (χ0n) is 42.5. The molecule has 69 heavy (non-hydrogen) atoms. The Bertz CT molecular complexity index is 2020. The maximum Gasteiger partial charge on any atom is 0.329 e. The van der Waals surface area contributed by atoms with Crippen LogP contribution in [0.2, 0.25) is 0 Å². The second kappa shape index (κ2) is 25.7. The number of cyclic esters (lactones) is 1. The van der Waals surface area contributed by atoms with Gasteiger partial charge in [0.05, 0.1) is 24.4 Å². The maximum absolute atomic E-state index is 14.7. The van der Waals surface area contributed by atoms with E-state index in [0.717, 1.165) is 18.4 Å². The molecule has 1 aromatic heterocycles. The average molecular weight is 966 g/mol. The topological polar surface area (TPSA) is 219 Å². The van der Waals surface area contributed by atoms with Crippen LogP contribution in [-0.2, 0) is 47.7 Å². The number of aromatic nitrogens is 4. The molecule has 0 radical (unpaired) electrons. The summed E-state index contributed by atoms with van der Waals surface area (Å²) in [7, 11) is 4.61. The van der Waals surface area contributed by atoms with E-state index in [0.29, 0.717) is 50.5 Å². The monoisotopic (exact) mass is 966 g/mol. The Morgan fingerprint density at radius 1 is 0.870 bits per heavy atom.